The first kappa shape index (κ1) is 14.2. The lowest BCUT2D eigenvalue weighted by Gasteiger charge is -2.56. The number of hydrogen-bond acceptors (Lipinski definition) is 4. The van der Waals surface area contributed by atoms with Gasteiger partial charge in [-0.3, -0.25) is 0 Å². The van der Waals surface area contributed by atoms with Crippen LogP contribution in [0.25, 0.3) is 0 Å². The number of hydrogen-bond donors (Lipinski definition) is 4. The molecule has 14 heavy (non-hydrogen) atoms. The highest BCUT2D eigenvalue weighted by Crippen LogP contribution is 2.43. The van der Waals surface area contributed by atoms with Gasteiger partial charge in [-0.25, -0.2) is 0 Å². The molecule has 0 amide bonds. The van der Waals surface area contributed by atoms with Gasteiger partial charge in [0.2, 0.25) is 0 Å². The van der Waals surface area contributed by atoms with Crippen molar-refractivity contribution >= 4 is 12.6 Å². The van der Waals surface area contributed by atoms with Crippen molar-refractivity contribution in [1.82, 2.24) is 0 Å². The van der Waals surface area contributed by atoms with E-state index in [4.69, 9.17) is 17.2 Å². The van der Waals surface area contributed by atoms with Gasteiger partial charge < -0.3 is 17.2 Å². The van der Waals surface area contributed by atoms with Crippen LogP contribution in [-0.4, -0.2) is 21.4 Å². The van der Waals surface area contributed by atoms with E-state index in [-0.39, 0.29) is 0 Å². The summed E-state index contributed by atoms with van der Waals surface area (Å²) >= 11 is 4.69. The third kappa shape index (κ3) is 2.08. The van der Waals surface area contributed by atoms with Gasteiger partial charge >= 0.3 is 0 Å². The summed E-state index contributed by atoms with van der Waals surface area (Å²) in [5.41, 5.74) is 16.8. The van der Waals surface area contributed by atoms with Crippen LogP contribution in [0.5, 0.6) is 0 Å². The topological polar surface area (TPSA) is 78.1 Å². The molecule has 0 fully saturated rings. The molecule has 0 aliphatic heterocycles. The van der Waals surface area contributed by atoms with E-state index in [0.717, 1.165) is 0 Å². The van der Waals surface area contributed by atoms with Crippen molar-refractivity contribution in [3.63, 3.8) is 0 Å². The summed E-state index contributed by atoms with van der Waals surface area (Å²) in [6.07, 6.45) is 0. The fourth-order valence-corrected chi connectivity index (χ4v) is 2.49. The van der Waals surface area contributed by atoms with E-state index in [1.165, 1.54) is 0 Å². The largest absolute Gasteiger partial charge is 0.324 e. The molecular weight excluding hydrogens is 194 g/mol. The first-order valence-corrected chi connectivity index (χ1v) is 5.29. The van der Waals surface area contributed by atoms with Crippen molar-refractivity contribution in [2.75, 3.05) is 0 Å². The highest BCUT2D eigenvalue weighted by molar-refractivity contribution is 7.82. The van der Waals surface area contributed by atoms with E-state index < -0.39 is 21.4 Å². The van der Waals surface area contributed by atoms with Gasteiger partial charge in [0.15, 0.2) is 0 Å². The smallest absolute Gasteiger partial charge is 0.0650 e. The predicted octanol–water partition coefficient (Wildman–Crippen LogP) is 0.867. The summed E-state index contributed by atoms with van der Waals surface area (Å²) in [5, 5.41) is 0. The van der Waals surface area contributed by atoms with Gasteiger partial charge in [-0.2, -0.15) is 12.6 Å². The lowest BCUT2D eigenvalue weighted by atomic mass is 9.65. The average Bonchev–Trinajstić information content (AvgIpc) is 1.77. The Labute approximate surface area is 93.2 Å². The summed E-state index contributed by atoms with van der Waals surface area (Å²) in [4.78, 5) is 0. The quantitative estimate of drug-likeness (QED) is 0.532. The minimum absolute atomic E-state index is 0.563. The molecule has 0 heterocycles. The molecule has 0 spiro atoms. The molecule has 0 aliphatic carbocycles. The second kappa shape index (κ2) is 3.37. The standard InChI is InChI=1S/C10H25N3S/c1-7(2,11)10(14,8(3,4)12)9(5,6)13/h14H,11-13H2,1-6H3. The Morgan fingerprint density at radius 3 is 0.786 bits per heavy atom. The Kier molecular flexibility index (Phi) is 3.43. The van der Waals surface area contributed by atoms with E-state index in [1.807, 2.05) is 41.5 Å². The molecule has 3 nitrogen and oxygen atoms in total. The summed E-state index contributed by atoms with van der Waals surface area (Å²) < 4.78 is -0.660. The summed E-state index contributed by atoms with van der Waals surface area (Å²) in [6.45, 7) is 11.4. The normalized spacial score (nSPS) is 15.9. The molecular formula is C10H25N3S. The van der Waals surface area contributed by atoms with Crippen LogP contribution in [0.4, 0.5) is 0 Å². The number of rotatable bonds is 3. The lowest BCUT2D eigenvalue weighted by molar-refractivity contribution is 0.167. The summed E-state index contributed by atoms with van der Waals surface area (Å²) in [5.74, 6) is 0. The van der Waals surface area contributed by atoms with Gasteiger partial charge in [0.05, 0.1) is 4.75 Å². The van der Waals surface area contributed by atoms with Gasteiger partial charge in [0, 0.05) is 16.6 Å². The van der Waals surface area contributed by atoms with Gasteiger partial charge in [0.1, 0.15) is 0 Å². The molecule has 0 aliphatic rings. The number of thiol groups is 1. The molecule has 0 unspecified atom stereocenters. The molecule has 0 aromatic rings. The van der Waals surface area contributed by atoms with Gasteiger partial charge in [-0.15, -0.1) is 0 Å². The fourth-order valence-electron chi connectivity index (χ4n) is 2.49. The monoisotopic (exact) mass is 219 g/mol. The molecule has 86 valence electrons. The average molecular weight is 219 g/mol. The van der Waals surface area contributed by atoms with Crippen LogP contribution < -0.4 is 17.2 Å². The molecule has 0 rings (SSSR count). The van der Waals surface area contributed by atoms with Crippen LogP contribution in [0.3, 0.4) is 0 Å². The zero-order valence-corrected chi connectivity index (χ0v) is 11.1. The molecule has 6 N–H and O–H groups in total. The predicted molar refractivity (Wildman–Crippen MR) is 66.5 cm³/mol. The van der Waals surface area contributed by atoms with Gasteiger partial charge in [-0.1, -0.05) is 0 Å². The summed E-state index contributed by atoms with van der Waals surface area (Å²) in [6, 6.07) is 0. The lowest BCUT2D eigenvalue weighted by Crippen LogP contribution is -2.77. The third-order valence-corrected chi connectivity index (χ3v) is 4.53. The Bertz CT molecular complexity index is 169. The SMILES string of the molecule is CC(C)(N)C(S)(C(C)(C)N)C(C)(C)N. The van der Waals surface area contributed by atoms with Crippen LogP contribution in [0, 0.1) is 0 Å². The van der Waals surface area contributed by atoms with Crippen LogP contribution in [-0.2, 0) is 0 Å². The van der Waals surface area contributed by atoms with E-state index in [0.29, 0.717) is 0 Å². The second-order valence-electron chi connectivity index (χ2n) is 5.88. The third-order valence-electron chi connectivity index (χ3n) is 2.80. The van der Waals surface area contributed by atoms with Crippen molar-refractivity contribution in [1.29, 1.82) is 0 Å². The van der Waals surface area contributed by atoms with Crippen LogP contribution in [0.1, 0.15) is 41.5 Å². The maximum atomic E-state index is 6.15. The van der Waals surface area contributed by atoms with Crippen molar-refractivity contribution in [3.8, 4) is 0 Å². The van der Waals surface area contributed by atoms with Gasteiger partial charge in [0.25, 0.3) is 0 Å². The minimum atomic E-state index is -0.660. The first-order chi connectivity index (χ1) is 5.75. The van der Waals surface area contributed by atoms with Crippen LogP contribution in [0.15, 0.2) is 0 Å². The molecule has 0 saturated heterocycles. The Morgan fingerprint density at radius 1 is 0.643 bits per heavy atom. The van der Waals surface area contributed by atoms with Crippen molar-refractivity contribution in [2.45, 2.75) is 62.9 Å². The summed E-state index contributed by atoms with van der Waals surface area (Å²) in [7, 11) is 0. The van der Waals surface area contributed by atoms with Crippen molar-refractivity contribution < 1.29 is 0 Å². The molecule has 0 bridgehead atoms. The molecule has 0 aromatic heterocycles. The highest BCUT2D eigenvalue weighted by atomic mass is 32.1. The van der Waals surface area contributed by atoms with E-state index in [2.05, 4.69) is 12.6 Å². The van der Waals surface area contributed by atoms with E-state index >= 15 is 0 Å². The molecule has 0 atom stereocenters. The maximum absolute atomic E-state index is 6.15. The minimum Gasteiger partial charge on any atom is -0.324 e. The highest BCUT2D eigenvalue weighted by Gasteiger charge is 2.56. The van der Waals surface area contributed by atoms with Crippen LogP contribution >= 0.6 is 12.6 Å². The Morgan fingerprint density at radius 2 is 0.786 bits per heavy atom. The number of nitrogens with two attached hydrogens (primary N) is 3. The van der Waals surface area contributed by atoms with E-state index in [9.17, 15) is 0 Å². The van der Waals surface area contributed by atoms with Crippen molar-refractivity contribution in [2.24, 2.45) is 17.2 Å². The van der Waals surface area contributed by atoms with E-state index in [1.54, 1.807) is 0 Å². The molecule has 0 saturated carbocycles. The first-order valence-electron chi connectivity index (χ1n) is 4.84. The Balaban J connectivity index is 5.54. The Hall–Kier alpha value is 0.230. The zero-order valence-electron chi connectivity index (χ0n) is 10.2. The van der Waals surface area contributed by atoms with Crippen LogP contribution in [0.2, 0.25) is 0 Å². The second-order valence-corrected chi connectivity index (χ2v) is 6.55. The fraction of sp³-hybridized carbons (Fsp3) is 1.00. The molecule has 0 radical (unpaired) electrons. The molecule has 4 heteroatoms. The molecule has 0 aromatic carbocycles. The van der Waals surface area contributed by atoms with Gasteiger partial charge in [-0.05, 0) is 41.5 Å². The maximum Gasteiger partial charge on any atom is 0.0650 e. The zero-order chi connectivity index (χ0) is 12.0. The van der Waals surface area contributed by atoms with Crippen molar-refractivity contribution in [3.05, 3.63) is 0 Å².